The van der Waals surface area contributed by atoms with Gasteiger partial charge in [0.05, 0.1) is 0 Å². The van der Waals surface area contributed by atoms with Gasteiger partial charge in [0.15, 0.2) is 8.32 Å². The summed E-state index contributed by atoms with van der Waals surface area (Å²) in [6.45, 7) is 7.22. The van der Waals surface area contributed by atoms with Gasteiger partial charge in [-0.15, -0.1) is 6.58 Å². The molecule has 0 aromatic carbocycles. The topological polar surface area (TPSA) is 9.23 Å². The Morgan fingerprint density at radius 2 is 2.00 bits per heavy atom. The molecule has 1 fully saturated rings. The quantitative estimate of drug-likeness (QED) is 0.352. The van der Waals surface area contributed by atoms with Crippen LogP contribution in [0.5, 0.6) is 0 Å². The SMILES string of the molecule is C=CCCCCCC[Si]1(C)CCCCO1. The maximum Gasteiger partial charge on any atom is 0.189 e. The van der Waals surface area contributed by atoms with E-state index in [1.54, 1.807) is 0 Å². The standard InChI is InChI=1S/C13H26OSi/c1-3-4-5-6-7-9-12-15(2)13-10-8-11-14-15/h3H,1,4-13H2,2H3. The molecule has 1 unspecified atom stereocenters. The summed E-state index contributed by atoms with van der Waals surface area (Å²) in [6.07, 6.45) is 11.4. The predicted octanol–water partition coefficient (Wildman–Crippen LogP) is 4.51. The van der Waals surface area contributed by atoms with Crippen LogP contribution in [0.25, 0.3) is 0 Å². The minimum Gasteiger partial charge on any atom is -0.417 e. The molecule has 0 bridgehead atoms. The van der Waals surface area contributed by atoms with Gasteiger partial charge in [-0.3, -0.25) is 0 Å². The van der Waals surface area contributed by atoms with Gasteiger partial charge >= 0.3 is 0 Å². The van der Waals surface area contributed by atoms with E-state index < -0.39 is 8.32 Å². The molecule has 1 aliphatic heterocycles. The minimum atomic E-state index is -1.23. The van der Waals surface area contributed by atoms with E-state index in [1.807, 2.05) is 6.08 Å². The van der Waals surface area contributed by atoms with Crippen molar-refractivity contribution in [3.63, 3.8) is 0 Å². The highest BCUT2D eigenvalue weighted by molar-refractivity contribution is 6.72. The number of allylic oxidation sites excluding steroid dienone is 1. The van der Waals surface area contributed by atoms with Crippen molar-refractivity contribution in [3.05, 3.63) is 12.7 Å². The first-order chi connectivity index (χ1) is 7.27. The minimum absolute atomic E-state index is 1.04. The van der Waals surface area contributed by atoms with E-state index in [2.05, 4.69) is 13.1 Å². The van der Waals surface area contributed by atoms with Gasteiger partial charge in [-0.25, -0.2) is 0 Å². The molecule has 1 saturated heterocycles. The zero-order valence-electron chi connectivity index (χ0n) is 10.3. The molecule has 0 amide bonds. The molecule has 2 heteroatoms. The molecular weight excluding hydrogens is 200 g/mol. The summed E-state index contributed by atoms with van der Waals surface area (Å²) < 4.78 is 6.02. The van der Waals surface area contributed by atoms with Gasteiger partial charge < -0.3 is 4.43 Å². The molecule has 0 saturated carbocycles. The van der Waals surface area contributed by atoms with Crippen molar-refractivity contribution in [2.45, 2.75) is 63.6 Å². The maximum absolute atomic E-state index is 6.02. The molecule has 1 heterocycles. The smallest absolute Gasteiger partial charge is 0.189 e. The van der Waals surface area contributed by atoms with Crippen LogP contribution in [0.3, 0.4) is 0 Å². The average Bonchev–Trinajstić information content (AvgIpc) is 2.24. The highest BCUT2D eigenvalue weighted by Crippen LogP contribution is 2.27. The van der Waals surface area contributed by atoms with Gasteiger partial charge in [0.2, 0.25) is 0 Å². The number of rotatable bonds is 7. The van der Waals surface area contributed by atoms with Crippen LogP contribution in [0.1, 0.15) is 44.9 Å². The van der Waals surface area contributed by atoms with Crippen molar-refractivity contribution in [1.82, 2.24) is 0 Å². The highest BCUT2D eigenvalue weighted by Gasteiger charge is 2.30. The van der Waals surface area contributed by atoms with Crippen molar-refractivity contribution < 1.29 is 4.43 Å². The van der Waals surface area contributed by atoms with E-state index in [1.165, 1.54) is 57.0 Å². The summed E-state index contributed by atoms with van der Waals surface area (Å²) in [6, 6.07) is 2.79. The van der Waals surface area contributed by atoms with Gasteiger partial charge in [0.1, 0.15) is 0 Å². The molecule has 0 aromatic rings. The summed E-state index contributed by atoms with van der Waals surface area (Å²) >= 11 is 0. The van der Waals surface area contributed by atoms with Gasteiger partial charge in [-0.05, 0) is 37.9 Å². The van der Waals surface area contributed by atoms with E-state index in [0.29, 0.717) is 0 Å². The Morgan fingerprint density at radius 1 is 1.20 bits per heavy atom. The first-order valence-corrected chi connectivity index (χ1v) is 9.34. The van der Waals surface area contributed by atoms with Crippen LogP contribution in [0.2, 0.25) is 18.6 Å². The summed E-state index contributed by atoms with van der Waals surface area (Å²) in [4.78, 5) is 0. The summed E-state index contributed by atoms with van der Waals surface area (Å²) in [5.41, 5.74) is 0. The van der Waals surface area contributed by atoms with E-state index >= 15 is 0 Å². The van der Waals surface area contributed by atoms with E-state index in [4.69, 9.17) is 4.43 Å². The van der Waals surface area contributed by atoms with Crippen LogP contribution in [0.15, 0.2) is 12.7 Å². The lowest BCUT2D eigenvalue weighted by Gasteiger charge is -2.31. The monoisotopic (exact) mass is 226 g/mol. The van der Waals surface area contributed by atoms with Crippen molar-refractivity contribution >= 4 is 8.32 Å². The lowest BCUT2D eigenvalue weighted by Crippen LogP contribution is -2.37. The van der Waals surface area contributed by atoms with Crippen molar-refractivity contribution in [3.8, 4) is 0 Å². The predicted molar refractivity (Wildman–Crippen MR) is 69.7 cm³/mol. The van der Waals surface area contributed by atoms with Crippen molar-refractivity contribution in [2.24, 2.45) is 0 Å². The molecule has 0 aliphatic carbocycles. The Bertz CT molecular complexity index is 173. The Labute approximate surface area is 96.0 Å². The first-order valence-electron chi connectivity index (χ1n) is 6.52. The molecule has 0 N–H and O–H groups in total. The fourth-order valence-electron chi connectivity index (χ4n) is 2.33. The molecule has 1 atom stereocenters. The lowest BCUT2D eigenvalue weighted by molar-refractivity contribution is 0.269. The normalized spacial score (nSPS) is 26.5. The molecule has 0 radical (unpaired) electrons. The molecule has 88 valence electrons. The average molecular weight is 226 g/mol. The summed E-state index contributed by atoms with van der Waals surface area (Å²) in [5, 5.41) is 0. The van der Waals surface area contributed by atoms with Gasteiger partial charge in [-0.2, -0.15) is 0 Å². The van der Waals surface area contributed by atoms with Crippen LogP contribution in [-0.4, -0.2) is 14.9 Å². The second-order valence-corrected chi connectivity index (χ2v) is 9.19. The molecule has 1 nitrogen and oxygen atoms in total. The van der Waals surface area contributed by atoms with Crippen LogP contribution in [0, 0.1) is 0 Å². The third-order valence-corrected chi connectivity index (χ3v) is 7.14. The van der Waals surface area contributed by atoms with Crippen LogP contribution in [0.4, 0.5) is 0 Å². The Hall–Kier alpha value is -0.0831. The second-order valence-electron chi connectivity index (χ2n) is 5.00. The Morgan fingerprint density at radius 3 is 2.67 bits per heavy atom. The fraction of sp³-hybridized carbons (Fsp3) is 0.846. The first kappa shape index (κ1) is 13.0. The lowest BCUT2D eigenvalue weighted by atomic mass is 10.1. The molecule has 1 aliphatic rings. The highest BCUT2D eigenvalue weighted by atomic mass is 28.4. The molecule has 1 rings (SSSR count). The molecular formula is C13H26OSi. The van der Waals surface area contributed by atoms with E-state index in [9.17, 15) is 0 Å². The second kappa shape index (κ2) is 7.23. The maximum atomic E-state index is 6.02. The number of unbranched alkanes of at least 4 members (excludes halogenated alkanes) is 4. The Kier molecular flexibility index (Phi) is 6.26. The zero-order chi connectivity index (χ0) is 11.0. The van der Waals surface area contributed by atoms with E-state index in [0.717, 1.165) is 6.61 Å². The van der Waals surface area contributed by atoms with Crippen LogP contribution < -0.4 is 0 Å². The van der Waals surface area contributed by atoms with Crippen LogP contribution >= 0.6 is 0 Å². The van der Waals surface area contributed by atoms with Gasteiger partial charge in [0, 0.05) is 6.61 Å². The van der Waals surface area contributed by atoms with Gasteiger partial charge in [-0.1, -0.05) is 31.8 Å². The zero-order valence-corrected chi connectivity index (χ0v) is 11.3. The molecule has 0 spiro atoms. The third kappa shape index (κ3) is 5.52. The molecule has 0 aromatic heterocycles. The fourth-order valence-corrected chi connectivity index (χ4v) is 5.50. The molecule has 15 heavy (non-hydrogen) atoms. The number of hydrogen-bond donors (Lipinski definition) is 0. The Balaban J connectivity index is 2.00. The summed E-state index contributed by atoms with van der Waals surface area (Å²) in [5.74, 6) is 0. The van der Waals surface area contributed by atoms with Crippen molar-refractivity contribution in [1.29, 1.82) is 0 Å². The van der Waals surface area contributed by atoms with Crippen LogP contribution in [-0.2, 0) is 4.43 Å². The third-order valence-electron chi connectivity index (χ3n) is 3.41. The summed E-state index contributed by atoms with van der Waals surface area (Å²) in [7, 11) is -1.23. The number of hydrogen-bond acceptors (Lipinski definition) is 1. The van der Waals surface area contributed by atoms with Gasteiger partial charge in [0.25, 0.3) is 0 Å². The van der Waals surface area contributed by atoms with E-state index in [-0.39, 0.29) is 0 Å². The van der Waals surface area contributed by atoms with Crippen molar-refractivity contribution in [2.75, 3.05) is 6.61 Å². The largest absolute Gasteiger partial charge is 0.417 e.